The zero-order valence-electron chi connectivity index (χ0n) is 24.3. The fraction of sp³-hybridized carbons (Fsp3) is 0.355. The predicted octanol–water partition coefficient (Wildman–Crippen LogP) is 6.77. The van der Waals surface area contributed by atoms with Crippen LogP contribution in [0.15, 0.2) is 67.4 Å². The first-order valence-corrected chi connectivity index (χ1v) is 13.9. The van der Waals surface area contributed by atoms with E-state index in [9.17, 15) is 22.8 Å². The lowest BCUT2D eigenvalue weighted by Crippen LogP contribution is -2.47. The molecule has 228 valence electrons. The zero-order chi connectivity index (χ0) is 31.2. The van der Waals surface area contributed by atoms with E-state index in [0.29, 0.717) is 32.0 Å². The fourth-order valence-corrected chi connectivity index (χ4v) is 4.58. The fourth-order valence-electron chi connectivity index (χ4n) is 4.58. The molecule has 4 rings (SSSR count). The largest absolute Gasteiger partial charge is 0.444 e. The molecule has 2 heterocycles. The molecule has 2 aromatic carbocycles. The molecular weight excluding hydrogens is 561 g/mol. The highest BCUT2D eigenvalue weighted by Gasteiger charge is 2.36. The van der Waals surface area contributed by atoms with E-state index >= 15 is 0 Å². The molecule has 0 saturated carbocycles. The molecule has 2 amide bonds. The molecule has 12 heteroatoms. The van der Waals surface area contributed by atoms with E-state index in [1.807, 2.05) is 30.3 Å². The van der Waals surface area contributed by atoms with Crippen LogP contribution in [0.4, 0.5) is 41.1 Å². The van der Waals surface area contributed by atoms with Crippen LogP contribution >= 0.6 is 0 Å². The van der Waals surface area contributed by atoms with Gasteiger partial charge in [-0.05, 0) is 69.4 Å². The number of carbonyl (C=O) groups excluding carboxylic acids is 2. The third-order valence-corrected chi connectivity index (χ3v) is 6.53. The SMILES string of the molecule is C=CC(=O)Nc1cc(Cc2ccccc2)ccc1Nc1nc(N[C@H]2CCCN(C(=O)OC(C)(C)C)C2)ncc1C(F)(F)F. The average Bonchev–Trinajstić information content (AvgIpc) is 2.93. The van der Waals surface area contributed by atoms with Crippen molar-refractivity contribution in [1.29, 1.82) is 0 Å². The first-order valence-electron chi connectivity index (χ1n) is 13.9. The molecule has 3 aromatic rings. The summed E-state index contributed by atoms with van der Waals surface area (Å²) in [5.41, 5.74) is 0.604. The number of aromatic nitrogens is 2. The minimum Gasteiger partial charge on any atom is -0.444 e. The molecule has 9 nitrogen and oxygen atoms in total. The van der Waals surface area contributed by atoms with Crippen molar-refractivity contribution >= 4 is 35.1 Å². The minimum atomic E-state index is -4.75. The first-order chi connectivity index (χ1) is 20.3. The Morgan fingerprint density at radius 3 is 2.51 bits per heavy atom. The predicted molar refractivity (Wildman–Crippen MR) is 159 cm³/mol. The molecule has 1 atom stereocenters. The van der Waals surface area contributed by atoms with Crippen LogP contribution in [0.2, 0.25) is 0 Å². The zero-order valence-corrected chi connectivity index (χ0v) is 24.3. The van der Waals surface area contributed by atoms with Gasteiger partial charge in [0.15, 0.2) is 0 Å². The number of rotatable bonds is 8. The van der Waals surface area contributed by atoms with Crippen molar-refractivity contribution in [3.8, 4) is 0 Å². The van der Waals surface area contributed by atoms with Crippen LogP contribution in [0.25, 0.3) is 0 Å². The molecule has 0 aliphatic carbocycles. The van der Waals surface area contributed by atoms with Gasteiger partial charge in [0.2, 0.25) is 11.9 Å². The average molecular weight is 597 g/mol. The molecule has 1 aliphatic heterocycles. The summed E-state index contributed by atoms with van der Waals surface area (Å²) in [5, 5.41) is 8.49. The lowest BCUT2D eigenvalue weighted by Gasteiger charge is -2.34. The minimum absolute atomic E-state index is 0.0380. The quantitative estimate of drug-likeness (QED) is 0.247. The maximum absolute atomic E-state index is 14.0. The van der Waals surface area contributed by atoms with Crippen LogP contribution < -0.4 is 16.0 Å². The van der Waals surface area contributed by atoms with Gasteiger partial charge in [-0.1, -0.05) is 43.0 Å². The van der Waals surface area contributed by atoms with Gasteiger partial charge in [-0.3, -0.25) is 4.79 Å². The monoisotopic (exact) mass is 596 g/mol. The first kappa shape index (κ1) is 31.3. The maximum atomic E-state index is 14.0. The van der Waals surface area contributed by atoms with Gasteiger partial charge < -0.3 is 25.6 Å². The summed E-state index contributed by atoms with van der Waals surface area (Å²) in [4.78, 5) is 34.4. The van der Waals surface area contributed by atoms with Crippen molar-refractivity contribution in [2.24, 2.45) is 0 Å². The molecule has 3 N–H and O–H groups in total. The number of hydrogen-bond acceptors (Lipinski definition) is 7. The Balaban J connectivity index is 1.59. The van der Waals surface area contributed by atoms with Gasteiger partial charge in [0.05, 0.1) is 11.4 Å². The molecule has 1 saturated heterocycles. The lowest BCUT2D eigenvalue weighted by atomic mass is 10.0. The standard InChI is InChI=1S/C31H35F3N6O3/c1-5-26(41)37-25-17-21(16-20-10-7-6-8-11-20)13-14-24(25)38-27-23(31(32,33)34)18-35-28(39-27)36-22-12-9-15-40(19-22)29(42)43-30(2,3)4/h5-8,10-11,13-14,17-18,22H,1,9,12,15-16,19H2,2-4H3,(H,37,41)(H2,35,36,38,39)/t22-/m0/s1. The van der Waals surface area contributed by atoms with Gasteiger partial charge in [-0.15, -0.1) is 0 Å². The molecular formula is C31H35F3N6O3. The summed E-state index contributed by atoms with van der Waals surface area (Å²) < 4.78 is 47.5. The third-order valence-electron chi connectivity index (χ3n) is 6.53. The number of anilines is 4. The number of ether oxygens (including phenoxy) is 1. The summed E-state index contributed by atoms with van der Waals surface area (Å²) in [6.07, 6.45) is -1.55. The van der Waals surface area contributed by atoms with Crippen molar-refractivity contribution < 1.29 is 27.5 Å². The number of hydrogen-bond donors (Lipinski definition) is 3. The number of alkyl halides is 3. The number of amides is 2. The Bertz CT molecular complexity index is 1460. The normalized spacial score (nSPS) is 15.4. The molecule has 1 aliphatic rings. The van der Waals surface area contributed by atoms with Gasteiger partial charge in [0.25, 0.3) is 0 Å². The molecule has 0 unspecified atom stereocenters. The second-order valence-electron chi connectivity index (χ2n) is 11.2. The van der Waals surface area contributed by atoms with Gasteiger partial charge in [0.1, 0.15) is 17.0 Å². The van der Waals surface area contributed by atoms with Crippen LogP contribution in [0.1, 0.15) is 50.3 Å². The van der Waals surface area contributed by atoms with Crippen LogP contribution in [-0.4, -0.2) is 51.6 Å². The molecule has 0 bridgehead atoms. The van der Waals surface area contributed by atoms with E-state index in [1.165, 1.54) is 0 Å². The number of piperidine rings is 1. The highest BCUT2D eigenvalue weighted by molar-refractivity contribution is 6.01. The van der Waals surface area contributed by atoms with E-state index < -0.39 is 35.2 Å². The van der Waals surface area contributed by atoms with E-state index in [2.05, 4.69) is 32.5 Å². The van der Waals surface area contributed by atoms with Gasteiger partial charge in [-0.25, -0.2) is 9.78 Å². The number of likely N-dealkylation sites (tertiary alicyclic amines) is 1. The number of nitrogens with zero attached hydrogens (tertiary/aromatic N) is 3. The van der Waals surface area contributed by atoms with Gasteiger partial charge in [-0.2, -0.15) is 18.2 Å². The highest BCUT2D eigenvalue weighted by atomic mass is 19.4. The lowest BCUT2D eigenvalue weighted by molar-refractivity contribution is -0.137. The topological polar surface area (TPSA) is 108 Å². The third kappa shape index (κ3) is 8.94. The number of nitrogens with one attached hydrogen (secondary N) is 3. The second-order valence-corrected chi connectivity index (χ2v) is 11.2. The van der Waals surface area contributed by atoms with Crippen molar-refractivity contribution in [1.82, 2.24) is 14.9 Å². The van der Waals surface area contributed by atoms with E-state index in [-0.39, 0.29) is 29.9 Å². The van der Waals surface area contributed by atoms with Crippen molar-refractivity contribution in [3.05, 3.63) is 84.1 Å². The van der Waals surface area contributed by atoms with E-state index in [1.54, 1.807) is 43.9 Å². The Morgan fingerprint density at radius 2 is 1.84 bits per heavy atom. The van der Waals surface area contributed by atoms with E-state index in [0.717, 1.165) is 17.2 Å². The van der Waals surface area contributed by atoms with Gasteiger partial charge >= 0.3 is 12.3 Å². The number of halogens is 3. The Labute approximate surface area is 248 Å². The number of carbonyl (C=O) groups is 2. The van der Waals surface area contributed by atoms with Crippen molar-refractivity contribution in [3.63, 3.8) is 0 Å². The van der Waals surface area contributed by atoms with E-state index in [4.69, 9.17) is 4.74 Å². The van der Waals surface area contributed by atoms with Crippen LogP contribution in [-0.2, 0) is 22.1 Å². The molecule has 1 fully saturated rings. The summed E-state index contributed by atoms with van der Waals surface area (Å²) in [7, 11) is 0. The maximum Gasteiger partial charge on any atom is 0.421 e. The van der Waals surface area contributed by atoms with Gasteiger partial charge in [0, 0.05) is 25.3 Å². The molecule has 0 radical (unpaired) electrons. The summed E-state index contributed by atoms with van der Waals surface area (Å²) in [5.74, 6) is -1.05. The van der Waals surface area contributed by atoms with Crippen molar-refractivity contribution in [2.75, 3.05) is 29.0 Å². The Kier molecular flexibility index (Phi) is 9.57. The summed E-state index contributed by atoms with van der Waals surface area (Å²) >= 11 is 0. The second kappa shape index (κ2) is 13.1. The highest BCUT2D eigenvalue weighted by Crippen LogP contribution is 2.37. The van der Waals surface area contributed by atoms with Crippen molar-refractivity contribution in [2.45, 2.75) is 57.9 Å². The Hall–Kier alpha value is -4.61. The smallest absolute Gasteiger partial charge is 0.421 e. The van der Waals surface area contributed by atoms with Crippen LogP contribution in [0, 0.1) is 0 Å². The summed E-state index contributed by atoms with van der Waals surface area (Å²) in [6.45, 7) is 9.59. The number of benzene rings is 2. The van der Waals surface area contributed by atoms with Crippen LogP contribution in [0.3, 0.4) is 0 Å². The Morgan fingerprint density at radius 1 is 1.09 bits per heavy atom. The summed E-state index contributed by atoms with van der Waals surface area (Å²) in [6, 6.07) is 14.4. The molecule has 43 heavy (non-hydrogen) atoms. The molecule has 1 aromatic heterocycles. The molecule has 0 spiro atoms. The van der Waals surface area contributed by atoms with Crippen LogP contribution in [0.5, 0.6) is 0 Å².